The van der Waals surface area contributed by atoms with Gasteiger partial charge >= 0.3 is 0 Å². The Morgan fingerprint density at radius 1 is 1.17 bits per heavy atom. The van der Waals surface area contributed by atoms with E-state index in [0.717, 1.165) is 19.3 Å². The first-order valence-electron chi connectivity index (χ1n) is 10.5. The highest BCUT2D eigenvalue weighted by Gasteiger charge is 2.23. The Morgan fingerprint density at radius 2 is 1.90 bits per heavy atom. The molecule has 1 aliphatic rings. The SMILES string of the molecule is CCOc1ccccc1N(CCCC(=O)N[C@H]1CCCc2ccccc21)S(C)(=O)=O. The maximum Gasteiger partial charge on any atom is 0.232 e. The number of fused-ring (bicyclic) bond motifs is 1. The van der Waals surface area contributed by atoms with Crippen LogP contribution in [0.4, 0.5) is 5.69 Å². The lowest BCUT2D eigenvalue weighted by atomic mass is 9.87. The van der Waals surface area contributed by atoms with E-state index in [1.165, 1.54) is 21.7 Å². The topological polar surface area (TPSA) is 75.7 Å². The molecule has 1 N–H and O–H groups in total. The Bertz CT molecular complexity index is 975. The van der Waals surface area contributed by atoms with Gasteiger partial charge in [0.05, 0.1) is 24.6 Å². The number of carbonyl (C=O) groups excluding carboxylic acids is 1. The molecule has 2 aromatic rings. The molecule has 1 atom stereocenters. The van der Waals surface area contributed by atoms with Crippen LogP contribution in [0.2, 0.25) is 0 Å². The summed E-state index contributed by atoms with van der Waals surface area (Å²) in [7, 11) is -3.50. The second-order valence-corrected chi connectivity index (χ2v) is 9.46. The predicted molar refractivity (Wildman–Crippen MR) is 119 cm³/mol. The minimum Gasteiger partial charge on any atom is -0.492 e. The summed E-state index contributed by atoms with van der Waals surface area (Å²) >= 11 is 0. The molecule has 2 aromatic carbocycles. The zero-order valence-corrected chi connectivity index (χ0v) is 18.5. The molecule has 0 aliphatic heterocycles. The monoisotopic (exact) mass is 430 g/mol. The molecule has 1 aliphatic carbocycles. The second kappa shape index (κ2) is 9.98. The number of hydrogen-bond donors (Lipinski definition) is 1. The molecule has 6 nitrogen and oxygen atoms in total. The van der Waals surface area contributed by atoms with Gasteiger partial charge in [0.25, 0.3) is 0 Å². The minimum absolute atomic E-state index is 0.0344. The predicted octanol–water partition coefficient (Wildman–Crippen LogP) is 3.83. The van der Waals surface area contributed by atoms with E-state index >= 15 is 0 Å². The van der Waals surface area contributed by atoms with Gasteiger partial charge in [-0.05, 0) is 55.9 Å². The van der Waals surface area contributed by atoms with Crippen molar-refractivity contribution >= 4 is 21.6 Å². The molecule has 0 bridgehead atoms. The molecule has 0 saturated heterocycles. The highest BCUT2D eigenvalue weighted by Crippen LogP contribution is 2.31. The molecule has 30 heavy (non-hydrogen) atoms. The fraction of sp³-hybridized carbons (Fsp3) is 0.435. The van der Waals surface area contributed by atoms with Crippen LogP contribution in [0.3, 0.4) is 0 Å². The molecular formula is C23H30N2O4S. The quantitative estimate of drug-likeness (QED) is 0.656. The maximum absolute atomic E-state index is 12.6. The third-order valence-corrected chi connectivity index (χ3v) is 6.48. The molecule has 162 valence electrons. The fourth-order valence-electron chi connectivity index (χ4n) is 3.96. The van der Waals surface area contributed by atoms with Gasteiger partial charge in [0.15, 0.2) is 0 Å². The van der Waals surface area contributed by atoms with E-state index in [4.69, 9.17) is 4.74 Å². The number of carbonyl (C=O) groups is 1. The molecule has 0 saturated carbocycles. The zero-order chi connectivity index (χ0) is 21.6. The van der Waals surface area contributed by atoms with Crippen LogP contribution >= 0.6 is 0 Å². The average molecular weight is 431 g/mol. The summed E-state index contributed by atoms with van der Waals surface area (Å²) in [5.74, 6) is 0.469. The molecule has 0 spiro atoms. The van der Waals surface area contributed by atoms with E-state index in [-0.39, 0.29) is 24.9 Å². The molecule has 0 unspecified atom stereocenters. The molecule has 3 rings (SSSR count). The lowest BCUT2D eigenvalue weighted by Gasteiger charge is -2.27. The van der Waals surface area contributed by atoms with Crippen molar-refractivity contribution in [3.8, 4) is 5.75 Å². The number of amides is 1. The average Bonchev–Trinajstić information content (AvgIpc) is 2.72. The second-order valence-electron chi connectivity index (χ2n) is 7.55. The molecular weight excluding hydrogens is 400 g/mol. The van der Waals surface area contributed by atoms with Crippen molar-refractivity contribution in [2.24, 2.45) is 0 Å². The molecule has 0 heterocycles. The molecule has 1 amide bonds. The number of para-hydroxylation sites is 2. The largest absolute Gasteiger partial charge is 0.492 e. The van der Waals surface area contributed by atoms with E-state index < -0.39 is 10.0 Å². The number of nitrogens with zero attached hydrogens (tertiary/aromatic N) is 1. The van der Waals surface area contributed by atoms with Gasteiger partial charge in [-0.3, -0.25) is 9.10 Å². The van der Waals surface area contributed by atoms with E-state index in [9.17, 15) is 13.2 Å². The van der Waals surface area contributed by atoms with Crippen LogP contribution in [0, 0.1) is 0 Å². The number of sulfonamides is 1. The molecule has 0 aromatic heterocycles. The summed E-state index contributed by atoms with van der Waals surface area (Å²) in [6, 6.07) is 15.3. The van der Waals surface area contributed by atoms with Crippen molar-refractivity contribution in [2.45, 2.75) is 45.1 Å². The minimum atomic E-state index is -3.50. The Kier molecular flexibility index (Phi) is 7.37. The lowest BCUT2D eigenvalue weighted by Crippen LogP contribution is -2.34. The lowest BCUT2D eigenvalue weighted by molar-refractivity contribution is -0.122. The van der Waals surface area contributed by atoms with Crippen LogP contribution in [0.1, 0.15) is 49.8 Å². The van der Waals surface area contributed by atoms with Crippen molar-refractivity contribution in [1.82, 2.24) is 5.32 Å². The molecule has 7 heteroatoms. The standard InChI is InChI=1S/C23H30N2O4S/c1-3-29-22-15-7-6-14-21(22)25(30(2,27)28)17-9-16-23(26)24-20-13-8-11-18-10-4-5-12-19(18)20/h4-7,10,12,14-15,20H,3,8-9,11,13,16-17H2,1-2H3,(H,24,26)/t20-/m0/s1. The van der Waals surface area contributed by atoms with Crippen molar-refractivity contribution in [3.63, 3.8) is 0 Å². The van der Waals surface area contributed by atoms with Gasteiger partial charge in [0, 0.05) is 13.0 Å². The van der Waals surface area contributed by atoms with Crippen LogP contribution in [-0.4, -0.2) is 33.7 Å². The van der Waals surface area contributed by atoms with E-state index in [1.807, 2.05) is 25.1 Å². The first kappa shape index (κ1) is 22.2. The first-order chi connectivity index (χ1) is 14.4. The third-order valence-electron chi connectivity index (χ3n) is 5.30. The van der Waals surface area contributed by atoms with Crippen molar-refractivity contribution < 1.29 is 17.9 Å². The number of ether oxygens (including phenoxy) is 1. The highest BCUT2D eigenvalue weighted by molar-refractivity contribution is 7.92. The summed E-state index contributed by atoms with van der Waals surface area (Å²) in [5, 5.41) is 3.13. The van der Waals surface area contributed by atoms with Gasteiger partial charge in [-0.1, -0.05) is 36.4 Å². The maximum atomic E-state index is 12.6. The van der Waals surface area contributed by atoms with Gasteiger partial charge in [-0.25, -0.2) is 8.42 Å². The summed E-state index contributed by atoms with van der Waals surface area (Å²) < 4.78 is 31.7. The summed E-state index contributed by atoms with van der Waals surface area (Å²) in [6.45, 7) is 2.52. The van der Waals surface area contributed by atoms with E-state index in [0.29, 0.717) is 24.5 Å². The number of nitrogens with one attached hydrogen (secondary N) is 1. The van der Waals surface area contributed by atoms with E-state index in [1.54, 1.807) is 18.2 Å². The number of hydrogen-bond acceptors (Lipinski definition) is 4. The number of benzene rings is 2. The number of anilines is 1. The summed E-state index contributed by atoms with van der Waals surface area (Å²) in [5.41, 5.74) is 2.99. The Labute approximate surface area is 179 Å². The van der Waals surface area contributed by atoms with Crippen molar-refractivity contribution in [1.29, 1.82) is 0 Å². The fourth-order valence-corrected chi connectivity index (χ4v) is 4.93. The normalized spacial score (nSPS) is 15.9. The first-order valence-corrected chi connectivity index (χ1v) is 12.3. The van der Waals surface area contributed by atoms with Gasteiger partial charge in [0.2, 0.25) is 15.9 Å². The van der Waals surface area contributed by atoms with E-state index in [2.05, 4.69) is 17.4 Å². The summed E-state index contributed by atoms with van der Waals surface area (Å²) in [6.07, 6.45) is 4.90. The van der Waals surface area contributed by atoms with Crippen LogP contribution in [0.25, 0.3) is 0 Å². The highest BCUT2D eigenvalue weighted by atomic mass is 32.2. The van der Waals surface area contributed by atoms with Crippen LogP contribution in [0.15, 0.2) is 48.5 Å². The van der Waals surface area contributed by atoms with Crippen LogP contribution < -0.4 is 14.4 Å². The third kappa shape index (κ3) is 5.53. The zero-order valence-electron chi connectivity index (χ0n) is 17.6. The van der Waals surface area contributed by atoms with Crippen molar-refractivity contribution in [3.05, 3.63) is 59.7 Å². The van der Waals surface area contributed by atoms with Crippen LogP contribution in [-0.2, 0) is 21.2 Å². The molecule has 0 fully saturated rings. The Balaban J connectivity index is 1.62. The number of aryl methyl sites for hydroxylation is 1. The number of rotatable bonds is 9. The van der Waals surface area contributed by atoms with Gasteiger partial charge in [0.1, 0.15) is 5.75 Å². The summed E-state index contributed by atoms with van der Waals surface area (Å²) in [4.78, 5) is 12.6. The Morgan fingerprint density at radius 3 is 2.67 bits per heavy atom. The smallest absolute Gasteiger partial charge is 0.232 e. The molecule has 0 radical (unpaired) electrons. The Hall–Kier alpha value is -2.54. The van der Waals surface area contributed by atoms with Crippen molar-refractivity contribution in [2.75, 3.05) is 23.7 Å². The van der Waals surface area contributed by atoms with Gasteiger partial charge < -0.3 is 10.1 Å². The van der Waals surface area contributed by atoms with Gasteiger partial charge in [-0.2, -0.15) is 0 Å². The van der Waals surface area contributed by atoms with Gasteiger partial charge in [-0.15, -0.1) is 0 Å². The van der Waals surface area contributed by atoms with Crippen LogP contribution in [0.5, 0.6) is 5.75 Å².